The van der Waals surface area contributed by atoms with Gasteiger partial charge in [-0.3, -0.25) is 0 Å². The highest BCUT2D eigenvalue weighted by Gasteiger charge is 2.23. The zero-order valence-corrected chi connectivity index (χ0v) is 9.47. The molecule has 0 saturated heterocycles. The molecule has 0 aromatic heterocycles. The van der Waals surface area contributed by atoms with Crippen LogP contribution in [0.5, 0.6) is 0 Å². The van der Waals surface area contributed by atoms with Gasteiger partial charge in [-0.2, -0.15) is 0 Å². The van der Waals surface area contributed by atoms with E-state index in [1.807, 2.05) is 12.1 Å². The predicted octanol–water partition coefficient (Wildman–Crippen LogP) is 2.27. The Bertz CT molecular complexity index is 389. The lowest BCUT2D eigenvalue weighted by Crippen LogP contribution is -2.02. The number of ether oxygens (including phenoxy) is 2. The second-order valence-electron chi connectivity index (χ2n) is 3.28. The zero-order chi connectivity index (χ0) is 10.8. The second-order valence-corrected chi connectivity index (χ2v) is 4.34. The first-order valence-corrected chi connectivity index (χ1v) is 5.62. The fraction of sp³-hybridized carbons (Fsp3) is 0.364. The van der Waals surface area contributed by atoms with Gasteiger partial charge in [-0.05, 0) is 17.7 Å². The number of benzene rings is 1. The SMILES string of the molecule is COC(=O)c1ccc2c(c1)SCC2OC. The highest BCUT2D eigenvalue weighted by atomic mass is 32.2. The van der Waals surface area contributed by atoms with Gasteiger partial charge in [-0.15, -0.1) is 11.8 Å². The number of thioether (sulfide) groups is 1. The molecule has 1 aliphatic rings. The van der Waals surface area contributed by atoms with E-state index in [0.29, 0.717) is 5.56 Å². The molecule has 1 atom stereocenters. The third-order valence-electron chi connectivity index (χ3n) is 2.46. The van der Waals surface area contributed by atoms with Crippen LogP contribution < -0.4 is 0 Å². The van der Waals surface area contributed by atoms with Gasteiger partial charge in [0, 0.05) is 17.8 Å². The number of fused-ring (bicyclic) bond motifs is 1. The van der Waals surface area contributed by atoms with Crippen molar-refractivity contribution in [1.82, 2.24) is 0 Å². The Hall–Kier alpha value is -1.00. The Kier molecular flexibility index (Phi) is 2.98. The summed E-state index contributed by atoms with van der Waals surface area (Å²) in [7, 11) is 3.09. The minimum Gasteiger partial charge on any atom is -0.465 e. The molecule has 0 fully saturated rings. The average molecular weight is 224 g/mol. The van der Waals surface area contributed by atoms with E-state index >= 15 is 0 Å². The summed E-state index contributed by atoms with van der Waals surface area (Å²) in [6, 6.07) is 5.59. The maximum absolute atomic E-state index is 11.3. The van der Waals surface area contributed by atoms with Crippen LogP contribution in [0.2, 0.25) is 0 Å². The topological polar surface area (TPSA) is 35.5 Å². The normalized spacial score (nSPS) is 18.7. The van der Waals surface area contributed by atoms with E-state index < -0.39 is 0 Å². The van der Waals surface area contributed by atoms with E-state index in [2.05, 4.69) is 4.74 Å². The van der Waals surface area contributed by atoms with Gasteiger partial charge in [-0.25, -0.2) is 4.79 Å². The van der Waals surface area contributed by atoms with Crippen molar-refractivity contribution in [1.29, 1.82) is 0 Å². The molecule has 0 amide bonds. The molecule has 0 aliphatic carbocycles. The summed E-state index contributed by atoms with van der Waals surface area (Å²) in [6.45, 7) is 0. The summed E-state index contributed by atoms with van der Waals surface area (Å²) in [4.78, 5) is 12.4. The van der Waals surface area contributed by atoms with Crippen molar-refractivity contribution in [2.45, 2.75) is 11.0 Å². The minimum atomic E-state index is -0.292. The lowest BCUT2D eigenvalue weighted by molar-refractivity contribution is 0.0600. The Labute approximate surface area is 92.8 Å². The highest BCUT2D eigenvalue weighted by Crippen LogP contribution is 2.40. The van der Waals surface area contributed by atoms with Crippen LogP contribution in [0.3, 0.4) is 0 Å². The first-order chi connectivity index (χ1) is 7.26. The molecule has 3 nitrogen and oxygen atoms in total. The number of rotatable bonds is 2. The fourth-order valence-electron chi connectivity index (χ4n) is 1.62. The van der Waals surface area contributed by atoms with Crippen molar-refractivity contribution >= 4 is 17.7 Å². The monoisotopic (exact) mass is 224 g/mol. The highest BCUT2D eigenvalue weighted by molar-refractivity contribution is 7.99. The summed E-state index contributed by atoms with van der Waals surface area (Å²) >= 11 is 1.71. The summed E-state index contributed by atoms with van der Waals surface area (Å²) in [5, 5.41) is 0. The van der Waals surface area contributed by atoms with E-state index in [1.54, 1.807) is 24.9 Å². The zero-order valence-electron chi connectivity index (χ0n) is 8.65. The molecule has 0 bridgehead atoms. The molecular formula is C11H12O3S. The molecule has 1 heterocycles. The molecule has 0 saturated carbocycles. The molecule has 0 radical (unpaired) electrons. The van der Waals surface area contributed by atoms with E-state index in [4.69, 9.17) is 4.74 Å². The molecular weight excluding hydrogens is 212 g/mol. The summed E-state index contributed by atoms with van der Waals surface area (Å²) in [6.07, 6.45) is 0.150. The van der Waals surface area contributed by atoms with Crippen molar-refractivity contribution in [2.75, 3.05) is 20.0 Å². The number of methoxy groups -OCH3 is 2. The van der Waals surface area contributed by atoms with E-state index in [9.17, 15) is 4.79 Å². The molecule has 2 rings (SSSR count). The van der Waals surface area contributed by atoms with Crippen LogP contribution >= 0.6 is 11.8 Å². The number of carbonyl (C=O) groups excluding carboxylic acids is 1. The van der Waals surface area contributed by atoms with Gasteiger partial charge >= 0.3 is 5.97 Å². The van der Waals surface area contributed by atoms with Crippen LogP contribution in [-0.2, 0) is 9.47 Å². The maximum Gasteiger partial charge on any atom is 0.337 e. The predicted molar refractivity (Wildman–Crippen MR) is 58.3 cm³/mol. The maximum atomic E-state index is 11.3. The molecule has 80 valence electrons. The van der Waals surface area contributed by atoms with Gasteiger partial charge in [-0.1, -0.05) is 6.07 Å². The van der Waals surface area contributed by atoms with Gasteiger partial charge in [0.2, 0.25) is 0 Å². The number of hydrogen-bond donors (Lipinski definition) is 0. The van der Waals surface area contributed by atoms with Crippen molar-refractivity contribution in [3.63, 3.8) is 0 Å². The number of carbonyl (C=O) groups is 1. The quantitative estimate of drug-likeness (QED) is 0.722. The fourth-order valence-corrected chi connectivity index (χ4v) is 2.84. The minimum absolute atomic E-state index is 0.150. The Balaban J connectivity index is 2.33. The Morgan fingerprint density at radius 1 is 1.47 bits per heavy atom. The van der Waals surface area contributed by atoms with Crippen LogP contribution in [-0.4, -0.2) is 25.9 Å². The first-order valence-electron chi connectivity index (χ1n) is 4.64. The molecule has 15 heavy (non-hydrogen) atoms. The van der Waals surface area contributed by atoms with Crippen molar-refractivity contribution in [2.24, 2.45) is 0 Å². The third kappa shape index (κ3) is 1.87. The van der Waals surface area contributed by atoms with Gasteiger partial charge < -0.3 is 9.47 Å². The van der Waals surface area contributed by atoms with Crippen LogP contribution in [0.4, 0.5) is 0 Å². The molecule has 4 heteroatoms. The summed E-state index contributed by atoms with van der Waals surface area (Å²) in [5.74, 6) is 0.621. The van der Waals surface area contributed by atoms with Crippen LogP contribution in [0.15, 0.2) is 23.1 Å². The Morgan fingerprint density at radius 2 is 2.27 bits per heavy atom. The standard InChI is InChI=1S/C11H12O3S/c1-13-9-6-15-10-5-7(11(12)14-2)3-4-8(9)10/h3-5,9H,6H2,1-2H3. The van der Waals surface area contributed by atoms with Crippen LogP contribution in [0.25, 0.3) is 0 Å². The molecule has 0 N–H and O–H groups in total. The molecule has 1 unspecified atom stereocenters. The lowest BCUT2D eigenvalue weighted by Gasteiger charge is -2.08. The van der Waals surface area contributed by atoms with Crippen molar-refractivity contribution in [3.05, 3.63) is 29.3 Å². The largest absolute Gasteiger partial charge is 0.465 e. The molecule has 1 aliphatic heterocycles. The van der Waals surface area contributed by atoms with Crippen molar-refractivity contribution < 1.29 is 14.3 Å². The van der Waals surface area contributed by atoms with Crippen molar-refractivity contribution in [3.8, 4) is 0 Å². The van der Waals surface area contributed by atoms with Gasteiger partial charge in [0.05, 0.1) is 18.8 Å². The van der Waals surface area contributed by atoms with Gasteiger partial charge in [0.25, 0.3) is 0 Å². The van der Waals surface area contributed by atoms with E-state index in [0.717, 1.165) is 16.2 Å². The summed E-state index contributed by atoms with van der Waals surface area (Å²) in [5.41, 5.74) is 1.76. The Morgan fingerprint density at radius 3 is 2.93 bits per heavy atom. The molecule has 0 spiro atoms. The van der Waals surface area contributed by atoms with Crippen LogP contribution in [0.1, 0.15) is 22.0 Å². The second kappa shape index (κ2) is 4.24. The smallest absolute Gasteiger partial charge is 0.337 e. The molecule has 1 aromatic rings. The number of esters is 1. The summed E-state index contributed by atoms with van der Waals surface area (Å²) < 4.78 is 10.00. The van der Waals surface area contributed by atoms with Gasteiger partial charge in [0.15, 0.2) is 0 Å². The first kappa shape index (κ1) is 10.5. The van der Waals surface area contributed by atoms with E-state index in [-0.39, 0.29) is 12.1 Å². The third-order valence-corrected chi connectivity index (χ3v) is 3.59. The van der Waals surface area contributed by atoms with Crippen LogP contribution in [0, 0.1) is 0 Å². The number of hydrogen-bond acceptors (Lipinski definition) is 4. The lowest BCUT2D eigenvalue weighted by atomic mass is 10.1. The average Bonchev–Trinajstić information content (AvgIpc) is 2.69. The van der Waals surface area contributed by atoms with Gasteiger partial charge in [0.1, 0.15) is 0 Å². The van der Waals surface area contributed by atoms with E-state index in [1.165, 1.54) is 7.11 Å². The molecule has 1 aromatic carbocycles.